The summed E-state index contributed by atoms with van der Waals surface area (Å²) >= 11 is 1.87. The zero-order chi connectivity index (χ0) is 36.0. The van der Waals surface area contributed by atoms with E-state index in [-0.39, 0.29) is 5.41 Å². The van der Waals surface area contributed by atoms with Crippen LogP contribution in [-0.4, -0.2) is 0 Å². The normalized spacial score (nSPS) is 13.1. The van der Waals surface area contributed by atoms with Gasteiger partial charge in [0, 0.05) is 47.7 Å². The zero-order valence-electron chi connectivity index (χ0n) is 30.0. The molecule has 2 aromatic heterocycles. The van der Waals surface area contributed by atoms with Gasteiger partial charge in [-0.3, -0.25) is 0 Å². The maximum atomic E-state index is 6.64. The molecular weight excluding hydrogens is 675 g/mol. The van der Waals surface area contributed by atoms with Gasteiger partial charge >= 0.3 is 0 Å². The predicted octanol–water partition coefficient (Wildman–Crippen LogP) is 15.1. The Morgan fingerprint density at radius 2 is 1.06 bits per heavy atom. The van der Waals surface area contributed by atoms with Crippen molar-refractivity contribution in [1.82, 2.24) is 0 Å². The lowest BCUT2D eigenvalue weighted by Crippen LogP contribution is -2.16. The van der Waals surface area contributed by atoms with E-state index in [1.54, 1.807) is 0 Å². The zero-order valence-corrected chi connectivity index (χ0v) is 30.8. The van der Waals surface area contributed by atoms with E-state index >= 15 is 0 Å². The minimum atomic E-state index is -0.204. The number of fused-ring (bicyclic) bond motifs is 9. The number of nitrogens with zero attached hydrogens (tertiary/aromatic N) is 1. The highest BCUT2D eigenvalue weighted by atomic mass is 32.1. The number of para-hydroxylation sites is 2. The maximum absolute atomic E-state index is 6.64. The van der Waals surface area contributed by atoms with E-state index in [1.165, 1.54) is 64.7 Å². The van der Waals surface area contributed by atoms with E-state index in [4.69, 9.17) is 4.42 Å². The number of anilines is 3. The number of furan rings is 1. The minimum Gasteiger partial charge on any atom is -0.454 e. The van der Waals surface area contributed by atoms with Crippen LogP contribution in [-0.2, 0) is 5.41 Å². The van der Waals surface area contributed by atoms with Crippen LogP contribution in [0.5, 0.6) is 0 Å². The van der Waals surface area contributed by atoms with Gasteiger partial charge in [0.2, 0.25) is 0 Å². The summed E-state index contributed by atoms with van der Waals surface area (Å²) in [5.74, 6) is 0. The van der Waals surface area contributed by atoms with Crippen LogP contribution in [0.3, 0.4) is 0 Å². The lowest BCUT2D eigenvalue weighted by Gasteiger charge is -2.28. The highest BCUT2D eigenvalue weighted by Gasteiger charge is 2.36. The smallest absolute Gasteiger partial charge is 0.159 e. The number of rotatable bonds is 5. The molecule has 10 aromatic rings. The Bertz CT molecular complexity index is 3080. The topological polar surface area (TPSA) is 16.4 Å². The average molecular weight is 710 g/mol. The first-order valence-corrected chi connectivity index (χ1v) is 19.4. The summed E-state index contributed by atoms with van der Waals surface area (Å²) in [5.41, 5.74) is 15.0. The van der Waals surface area contributed by atoms with Gasteiger partial charge in [-0.25, -0.2) is 0 Å². The number of hydrogen-bond donors (Lipinski definition) is 0. The third-order valence-corrected chi connectivity index (χ3v) is 12.6. The molecule has 2 heterocycles. The summed E-state index contributed by atoms with van der Waals surface area (Å²) in [5, 5.41) is 4.90. The van der Waals surface area contributed by atoms with E-state index in [0.717, 1.165) is 39.0 Å². The summed E-state index contributed by atoms with van der Waals surface area (Å²) < 4.78 is 9.31. The van der Waals surface area contributed by atoms with Crippen LogP contribution in [0.1, 0.15) is 25.0 Å². The molecule has 256 valence electrons. The van der Waals surface area contributed by atoms with Crippen molar-refractivity contribution in [1.29, 1.82) is 0 Å². The molecule has 0 fully saturated rings. The lowest BCUT2D eigenvalue weighted by molar-refractivity contribution is 0.660. The van der Waals surface area contributed by atoms with Gasteiger partial charge in [-0.2, -0.15) is 0 Å². The van der Waals surface area contributed by atoms with Gasteiger partial charge < -0.3 is 9.32 Å². The summed E-state index contributed by atoms with van der Waals surface area (Å²) in [6, 6.07) is 64.1. The maximum Gasteiger partial charge on any atom is 0.159 e. The Labute approximate surface area is 318 Å². The Balaban J connectivity index is 1.04. The summed E-state index contributed by atoms with van der Waals surface area (Å²) in [7, 11) is 0. The number of hydrogen-bond acceptors (Lipinski definition) is 3. The number of benzene rings is 8. The molecule has 0 saturated carbocycles. The molecule has 0 spiro atoms. The van der Waals surface area contributed by atoms with Gasteiger partial charge in [-0.1, -0.05) is 129 Å². The first-order chi connectivity index (χ1) is 26.5. The van der Waals surface area contributed by atoms with Gasteiger partial charge in [0.25, 0.3) is 0 Å². The quantitative estimate of drug-likeness (QED) is 0.177. The fourth-order valence-corrected chi connectivity index (χ4v) is 9.81. The third kappa shape index (κ3) is 4.72. The highest BCUT2D eigenvalue weighted by molar-refractivity contribution is 7.25. The average Bonchev–Trinajstić information content (AvgIpc) is 3.86. The molecule has 1 aliphatic rings. The summed E-state index contributed by atoms with van der Waals surface area (Å²) in [6.07, 6.45) is 0. The standard InChI is InChI=1S/C51H35NOS/c1-51(2)44-30-35(34-22-28-49-43(29-34)41-14-7-9-18-48(41)54-49)21-26-38(44)39-27-25-37(31-45(39)51)52(36-23-19-33(20-24-36)32-11-4-3-5-12-32)46-16-10-15-42-40-13-6-8-17-47(40)53-50(42)46/h3-31H,1-2H3. The van der Waals surface area contributed by atoms with Crippen LogP contribution in [0.2, 0.25) is 0 Å². The third-order valence-electron chi connectivity index (χ3n) is 11.5. The second-order valence-corrected chi connectivity index (χ2v) is 16.0. The monoisotopic (exact) mass is 709 g/mol. The first kappa shape index (κ1) is 31.1. The molecule has 0 atom stereocenters. The van der Waals surface area contributed by atoms with Crippen molar-refractivity contribution in [2.75, 3.05) is 4.90 Å². The first-order valence-electron chi connectivity index (χ1n) is 18.6. The Hall–Kier alpha value is -6.42. The molecule has 0 N–H and O–H groups in total. The Morgan fingerprint density at radius 3 is 1.91 bits per heavy atom. The van der Waals surface area contributed by atoms with Gasteiger partial charge in [0.05, 0.1) is 5.69 Å². The van der Waals surface area contributed by atoms with Crippen LogP contribution >= 0.6 is 11.3 Å². The minimum absolute atomic E-state index is 0.204. The van der Waals surface area contributed by atoms with Gasteiger partial charge in [-0.15, -0.1) is 11.3 Å². The second kappa shape index (κ2) is 11.8. The molecule has 0 amide bonds. The summed E-state index contributed by atoms with van der Waals surface area (Å²) in [6.45, 7) is 4.75. The Morgan fingerprint density at radius 1 is 0.444 bits per heavy atom. The molecule has 1 aliphatic carbocycles. The van der Waals surface area contributed by atoms with Gasteiger partial charge in [0.15, 0.2) is 5.58 Å². The van der Waals surface area contributed by atoms with Crippen LogP contribution in [0, 0.1) is 0 Å². The molecule has 2 nitrogen and oxygen atoms in total. The molecule has 0 aliphatic heterocycles. The fourth-order valence-electron chi connectivity index (χ4n) is 8.72. The molecular formula is C51H35NOS. The molecule has 3 heteroatoms. The fraction of sp³-hybridized carbons (Fsp3) is 0.0588. The van der Waals surface area contributed by atoms with Crippen molar-refractivity contribution < 1.29 is 4.42 Å². The van der Waals surface area contributed by atoms with Gasteiger partial charge in [-0.05, 0) is 105 Å². The van der Waals surface area contributed by atoms with Crippen LogP contribution in [0.4, 0.5) is 17.1 Å². The molecule has 54 heavy (non-hydrogen) atoms. The van der Waals surface area contributed by atoms with Crippen LogP contribution in [0.15, 0.2) is 180 Å². The lowest BCUT2D eigenvalue weighted by atomic mass is 9.81. The SMILES string of the molecule is CC1(C)c2cc(-c3ccc4sc5ccccc5c4c3)ccc2-c2ccc(N(c3ccc(-c4ccccc4)cc3)c3cccc4c3oc3ccccc34)cc21. The molecule has 0 radical (unpaired) electrons. The van der Waals surface area contributed by atoms with Crippen molar-refractivity contribution in [2.45, 2.75) is 19.3 Å². The van der Waals surface area contributed by atoms with E-state index < -0.39 is 0 Å². The molecule has 11 rings (SSSR count). The van der Waals surface area contributed by atoms with E-state index in [0.29, 0.717) is 0 Å². The molecule has 0 saturated heterocycles. The summed E-state index contributed by atoms with van der Waals surface area (Å²) in [4.78, 5) is 2.37. The van der Waals surface area contributed by atoms with Crippen molar-refractivity contribution in [3.05, 3.63) is 187 Å². The Kier molecular flexibility index (Phi) is 6.80. The van der Waals surface area contributed by atoms with Crippen molar-refractivity contribution in [3.8, 4) is 33.4 Å². The molecule has 8 aromatic carbocycles. The van der Waals surface area contributed by atoms with E-state index in [9.17, 15) is 0 Å². The van der Waals surface area contributed by atoms with Gasteiger partial charge in [0.1, 0.15) is 5.58 Å². The second-order valence-electron chi connectivity index (χ2n) is 14.9. The van der Waals surface area contributed by atoms with E-state index in [1.807, 2.05) is 17.4 Å². The molecule has 0 unspecified atom stereocenters. The van der Waals surface area contributed by atoms with Crippen molar-refractivity contribution in [2.24, 2.45) is 0 Å². The highest BCUT2D eigenvalue weighted by Crippen LogP contribution is 2.52. The number of thiophene rings is 1. The van der Waals surface area contributed by atoms with Crippen LogP contribution < -0.4 is 4.90 Å². The molecule has 0 bridgehead atoms. The largest absolute Gasteiger partial charge is 0.454 e. The predicted molar refractivity (Wildman–Crippen MR) is 230 cm³/mol. The van der Waals surface area contributed by atoms with Crippen molar-refractivity contribution >= 4 is 70.5 Å². The van der Waals surface area contributed by atoms with E-state index in [2.05, 4.69) is 189 Å². The van der Waals surface area contributed by atoms with Crippen LogP contribution in [0.25, 0.3) is 75.5 Å². The van der Waals surface area contributed by atoms with Crippen molar-refractivity contribution in [3.63, 3.8) is 0 Å².